The number of aromatic nitrogens is 1. The SMILES string of the molecule is C=CC1CC(=O)N(c2cc(CC)no2)C1. The highest BCUT2D eigenvalue weighted by molar-refractivity contribution is 5.94. The average molecular weight is 206 g/mol. The number of anilines is 1. The molecule has 4 heteroatoms. The minimum Gasteiger partial charge on any atom is -0.338 e. The minimum atomic E-state index is 0.0821. The third-order valence-corrected chi connectivity index (χ3v) is 2.66. The molecule has 1 aromatic rings. The lowest BCUT2D eigenvalue weighted by molar-refractivity contribution is -0.117. The zero-order valence-corrected chi connectivity index (χ0v) is 8.77. The average Bonchev–Trinajstić information content (AvgIpc) is 2.83. The zero-order valence-electron chi connectivity index (χ0n) is 8.77. The molecule has 1 aliphatic heterocycles. The van der Waals surface area contributed by atoms with Crippen molar-refractivity contribution in [1.82, 2.24) is 5.16 Å². The maximum absolute atomic E-state index is 11.6. The molecule has 0 aromatic carbocycles. The lowest BCUT2D eigenvalue weighted by Crippen LogP contribution is -2.23. The predicted octanol–water partition coefficient (Wildman–Crippen LogP) is 1.78. The van der Waals surface area contributed by atoms with E-state index < -0.39 is 0 Å². The fourth-order valence-electron chi connectivity index (χ4n) is 1.70. The van der Waals surface area contributed by atoms with Crippen LogP contribution in [-0.4, -0.2) is 17.6 Å². The fraction of sp³-hybridized carbons (Fsp3) is 0.455. The Labute approximate surface area is 88.5 Å². The Kier molecular flexibility index (Phi) is 2.58. The van der Waals surface area contributed by atoms with E-state index in [2.05, 4.69) is 11.7 Å². The summed E-state index contributed by atoms with van der Waals surface area (Å²) >= 11 is 0. The van der Waals surface area contributed by atoms with Gasteiger partial charge in [0.2, 0.25) is 11.8 Å². The molecule has 0 bridgehead atoms. The van der Waals surface area contributed by atoms with Crippen LogP contribution in [0.1, 0.15) is 19.0 Å². The lowest BCUT2D eigenvalue weighted by Gasteiger charge is -2.10. The Balaban J connectivity index is 2.17. The van der Waals surface area contributed by atoms with Gasteiger partial charge in [-0.15, -0.1) is 6.58 Å². The molecule has 1 atom stereocenters. The maximum Gasteiger partial charge on any atom is 0.234 e. The number of amides is 1. The summed E-state index contributed by atoms with van der Waals surface area (Å²) in [6.45, 7) is 6.35. The van der Waals surface area contributed by atoms with E-state index in [1.165, 1.54) is 0 Å². The largest absolute Gasteiger partial charge is 0.338 e. The van der Waals surface area contributed by atoms with Gasteiger partial charge in [0.1, 0.15) is 0 Å². The summed E-state index contributed by atoms with van der Waals surface area (Å²) < 4.78 is 5.12. The first-order valence-electron chi connectivity index (χ1n) is 5.13. The van der Waals surface area contributed by atoms with E-state index in [4.69, 9.17) is 4.52 Å². The third kappa shape index (κ3) is 1.79. The van der Waals surface area contributed by atoms with Gasteiger partial charge in [0, 0.05) is 24.9 Å². The Bertz CT molecular complexity index is 384. The summed E-state index contributed by atoms with van der Waals surface area (Å²) in [5.74, 6) is 0.868. The number of rotatable bonds is 3. The molecule has 0 N–H and O–H groups in total. The van der Waals surface area contributed by atoms with Gasteiger partial charge in [0.05, 0.1) is 5.69 Å². The first kappa shape index (κ1) is 9.96. The Morgan fingerprint density at radius 2 is 2.60 bits per heavy atom. The fourth-order valence-corrected chi connectivity index (χ4v) is 1.70. The Morgan fingerprint density at radius 1 is 1.80 bits per heavy atom. The molecule has 1 aromatic heterocycles. The molecule has 0 radical (unpaired) electrons. The van der Waals surface area contributed by atoms with Crippen molar-refractivity contribution < 1.29 is 9.32 Å². The number of nitrogens with zero attached hydrogens (tertiary/aromatic N) is 2. The van der Waals surface area contributed by atoms with E-state index in [1.54, 1.807) is 4.90 Å². The molecule has 0 saturated carbocycles. The van der Waals surface area contributed by atoms with Crippen molar-refractivity contribution in [3.8, 4) is 0 Å². The quantitative estimate of drug-likeness (QED) is 0.708. The van der Waals surface area contributed by atoms with Crippen molar-refractivity contribution in [1.29, 1.82) is 0 Å². The predicted molar refractivity (Wildman–Crippen MR) is 56.5 cm³/mol. The van der Waals surface area contributed by atoms with Gasteiger partial charge in [-0.3, -0.25) is 9.69 Å². The van der Waals surface area contributed by atoms with Crippen molar-refractivity contribution in [2.24, 2.45) is 5.92 Å². The van der Waals surface area contributed by atoms with Crippen molar-refractivity contribution in [3.63, 3.8) is 0 Å². The van der Waals surface area contributed by atoms with Crippen LogP contribution in [0.2, 0.25) is 0 Å². The molecule has 2 heterocycles. The minimum absolute atomic E-state index is 0.0821. The molecule has 80 valence electrons. The first-order chi connectivity index (χ1) is 7.24. The smallest absolute Gasteiger partial charge is 0.234 e. The molecule has 4 nitrogen and oxygen atoms in total. The van der Waals surface area contributed by atoms with Crippen LogP contribution < -0.4 is 4.90 Å². The molecule has 2 rings (SSSR count). The molecule has 1 amide bonds. The number of carbonyl (C=O) groups is 1. The van der Waals surface area contributed by atoms with Gasteiger partial charge in [-0.25, -0.2) is 0 Å². The number of hydrogen-bond donors (Lipinski definition) is 0. The van der Waals surface area contributed by atoms with Crippen LogP contribution in [0, 0.1) is 5.92 Å². The third-order valence-electron chi connectivity index (χ3n) is 2.66. The van der Waals surface area contributed by atoms with Crippen molar-refractivity contribution in [2.45, 2.75) is 19.8 Å². The number of hydrogen-bond acceptors (Lipinski definition) is 3. The highest BCUT2D eigenvalue weighted by Gasteiger charge is 2.30. The number of aryl methyl sites for hydroxylation is 1. The lowest BCUT2D eigenvalue weighted by atomic mass is 10.1. The van der Waals surface area contributed by atoms with E-state index in [0.29, 0.717) is 18.8 Å². The van der Waals surface area contributed by atoms with E-state index in [0.717, 1.165) is 12.1 Å². The topological polar surface area (TPSA) is 46.3 Å². The molecule has 0 spiro atoms. The van der Waals surface area contributed by atoms with Crippen LogP contribution in [0.3, 0.4) is 0 Å². The second kappa shape index (κ2) is 3.88. The van der Waals surface area contributed by atoms with Crippen LogP contribution in [0.5, 0.6) is 0 Å². The van der Waals surface area contributed by atoms with E-state index >= 15 is 0 Å². The summed E-state index contributed by atoms with van der Waals surface area (Å²) in [4.78, 5) is 13.3. The zero-order chi connectivity index (χ0) is 10.8. The van der Waals surface area contributed by atoms with Gasteiger partial charge >= 0.3 is 0 Å². The van der Waals surface area contributed by atoms with Crippen LogP contribution in [0.25, 0.3) is 0 Å². The monoisotopic (exact) mass is 206 g/mol. The van der Waals surface area contributed by atoms with Gasteiger partial charge < -0.3 is 4.52 Å². The van der Waals surface area contributed by atoms with Crippen LogP contribution in [0.15, 0.2) is 23.2 Å². The summed E-state index contributed by atoms with van der Waals surface area (Å²) in [6.07, 6.45) is 3.15. The van der Waals surface area contributed by atoms with Gasteiger partial charge in [0.25, 0.3) is 0 Å². The first-order valence-corrected chi connectivity index (χ1v) is 5.13. The summed E-state index contributed by atoms with van der Waals surface area (Å²) in [5, 5.41) is 3.87. The molecule has 1 saturated heterocycles. The van der Waals surface area contributed by atoms with Gasteiger partial charge in [-0.1, -0.05) is 18.2 Å². The van der Waals surface area contributed by atoms with Crippen LogP contribution in [0.4, 0.5) is 5.88 Å². The van der Waals surface area contributed by atoms with E-state index in [1.807, 2.05) is 19.1 Å². The standard InChI is InChI=1S/C11H14N2O2/c1-3-8-5-10(14)13(7-8)11-6-9(4-2)12-15-11/h3,6,8H,1,4-5,7H2,2H3. The Hall–Kier alpha value is -1.58. The molecular weight excluding hydrogens is 192 g/mol. The highest BCUT2D eigenvalue weighted by atomic mass is 16.5. The normalized spacial score (nSPS) is 21.0. The molecule has 1 unspecified atom stereocenters. The van der Waals surface area contributed by atoms with E-state index in [-0.39, 0.29) is 11.8 Å². The summed E-state index contributed by atoms with van der Waals surface area (Å²) in [7, 11) is 0. The van der Waals surface area contributed by atoms with Crippen molar-refractivity contribution in [3.05, 3.63) is 24.4 Å². The van der Waals surface area contributed by atoms with Crippen LogP contribution in [-0.2, 0) is 11.2 Å². The summed E-state index contributed by atoms with van der Waals surface area (Å²) in [6, 6.07) is 1.82. The van der Waals surface area contributed by atoms with Gasteiger partial charge in [0.15, 0.2) is 0 Å². The molecule has 15 heavy (non-hydrogen) atoms. The van der Waals surface area contributed by atoms with Gasteiger partial charge in [-0.05, 0) is 6.42 Å². The maximum atomic E-state index is 11.6. The second-order valence-corrected chi connectivity index (χ2v) is 3.71. The molecular formula is C11H14N2O2. The van der Waals surface area contributed by atoms with Crippen LogP contribution >= 0.6 is 0 Å². The van der Waals surface area contributed by atoms with Gasteiger partial charge in [-0.2, -0.15) is 0 Å². The molecule has 1 fully saturated rings. The van der Waals surface area contributed by atoms with Crippen molar-refractivity contribution in [2.75, 3.05) is 11.4 Å². The molecule has 0 aliphatic carbocycles. The van der Waals surface area contributed by atoms with Crippen molar-refractivity contribution >= 4 is 11.8 Å². The highest BCUT2D eigenvalue weighted by Crippen LogP contribution is 2.26. The molecule has 1 aliphatic rings. The van der Waals surface area contributed by atoms with E-state index in [9.17, 15) is 4.79 Å². The second-order valence-electron chi connectivity index (χ2n) is 3.71. The summed E-state index contributed by atoms with van der Waals surface area (Å²) in [5.41, 5.74) is 0.875. The number of carbonyl (C=O) groups excluding carboxylic acids is 1. The Morgan fingerprint density at radius 3 is 3.13 bits per heavy atom.